The molecule has 1 saturated carbocycles. The van der Waals surface area contributed by atoms with E-state index >= 15 is 4.39 Å². The van der Waals surface area contributed by atoms with Gasteiger partial charge in [0, 0.05) is 20.6 Å². The Bertz CT molecular complexity index is 1250. The number of hydrogen-bond donors (Lipinski definition) is 3. The fourth-order valence-corrected chi connectivity index (χ4v) is 4.53. The molecule has 10 nitrogen and oxygen atoms in total. The molecule has 5 rings (SSSR count). The largest absolute Gasteiger partial charge is 0.501 e. The van der Waals surface area contributed by atoms with Gasteiger partial charge in [0.1, 0.15) is 17.3 Å². The second kappa shape index (κ2) is 8.75. The number of halogens is 2. The molecule has 1 aliphatic carbocycles. The van der Waals surface area contributed by atoms with Gasteiger partial charge in [0.2, 0.25) is 5.75 Å². The van der Waals surface area contributed by atoms with Crippen molar-refractivity contribution in [1.29, 1.82) is 0 Å². The van der Waals surface area contributed by atoms with Gasteiger partial charge in [-0.05, 0) is 43.4 Å². The Morgan fingerprint density at radius 1 is 1.14 bits per heavy atom. The summed E-state index contributed by atoms with van der Waals surface area (Å²) in [6.07, 6.45) is 0.0613. The third-order valence-corrected chi connectivity index (χ3v) is 6.55. The number of benzene rings is 1. The predicted octanol–water partition coefficient (Wildman–Crippen LogP) is 0.714. The Balaban J connectivity index is 1.73. The van der Waals surface area contributed by atoms with Crippen LogP contribution in [0.2, 0.25) is 0 Å². The van der Waals surface area contributed by atoms with Crippen LogP contribution in [0.15, 0.2) is 29.1 Å². The molecule has 1 aromatic carbocycles. The summed E-state index contributed by atoms with van der Waals surface area (Å²) in [6.45, 7) is -0.441. The van der Waals surface area contributed by atoms with Crippen LogP contribution < -0.4 is 16.2 Å². The Morgan fingerprint density at radius 2 is 1.77 bits per heavy atom. The minimum absolute atomic E-state index is 0.0148. The van der Waals surface area contributed by atoms with Gasteiger partial charge in [0.25, 0.3) is 11.5 Å². The number of alkyl halides is 1. The quantitative estimate of drug-likeness (QED) is 0.542. The van der Waals surface area contributed by atoms with Crippen molar-refractivity contribution >= 4 is 17.7 Å². The van der Waals surface area contributed by atoms with E-state index in [-0.39, 0.29) is 38.1 Å². The molecular formula is C23H25F2N5O5. The zero-order chi connectivity index (χ0) is 25.5. The van der Waals surface area contributed by atoms with Crippen molar-refractivity contribution in [2.24, 2.45) is 0 Å². The van der Waals surface area contributed by atoms with Crippen LogP contribution in [0.25, 0.3) is 0 Å². The lowest BCUT2D eigenvalue weighted by Gasteiger charge is -2.38. The van der Waals surface area contributed by atoms with Gasteiger partial charge in [0.15, 0.2) is 5.69 Å². The second-order valence-corrected chi connectivity index (χ2v) is 9.22. The molecule has 2 bridgehead atoms. The van der Waals surface area contributed by atoms with Crippen molar-refractivity contribution in [3.8, 4) is 5.75 Å². The summed E-state index contributed by atoms with van der Waals surface area (Å²) in [5.41, 5.74) is -4.20. The fourth-order valence-electron chi connectivity index (χ4n) is 4.53. The molecule has 0 radical (unpaired) electrons. The standard InChI is InChI=1S/C23H25F2N5O5/c1-29(2)20(35)18(33)28-23-9-7-22(25,8-10-23)12-30-19(34)16(31)15(27-21(23)30)17(32)26-11-13-3-5-14(24)6-4-13/h3-6,31H,7-12H2,1-2H3,(H,26,32)(H,28,33). The fraction of sp³-hybridized carbons (Fsp3) is 0.435. The molecular weight excluding hydrogens is 464 g/mol. The van der Waals surface area contributed by atoms with Gasteiger partial charge >= 0.3 is 11.8 Å². The smallest absolute Gasteiger partial charge is 0.311 e. The zero-order valence-electron chi connectivity index (χ0n) is 19.2. The highest BCUT2D eigenvalue weighted by molar-refractivity contribution is 6.35. The molecule has 3 aliphatic rings. The van der Waals surface area contributed by atoms with Crippen LogP contribution in [-0.4, -0.2) is 57.0 Å². The van der Waals surface area contributed by atoms with Crippen molar-refractivity contribution in [2.45, 2.75) is 50.0 Å². The number of fused-ring (bicyclic) bond motifs is 2. The normalized spacial score (nSPS) is 22.6. The number of nitrogens with zero attached hydrogens (tertiary/aromatic N) is 3. The van der Waals surface area contributed by atoms with E-state index in [1.165, 1.54) is 38.4 Å². The molecule has 186 valence electrons. The van der Waals surface area contributed by atoms with E-state index in [1.807, 2.05) is 0 Å². The number of carbonyl (C=O) groups excluding carboxylic acids is 3. The van der Waals surface area contributed by atoms with Crippen molar-refractivity contribution in [3.63, 3.8) is 0 Å². The number of rotatable bonds is 4. The van der Waals surface area contributed by atoms with E-state index in [9.17, 15) is 28.7 Å². The molecule has 1 aromatic heterocycles. The number of aromatic nitrogens is 2. The van der Waals surface area contributed by atoms with Crippen molar-refractivity contribution < 1.29 is 28.3 Å². The first-order valence-corrected chi connectivity index (χ1v) is 11.0. The van der Waals surface area contributed by atoms with Crippen molar-refractivity contribution in [1.82, 2.24) is 25.1 Å². The SMILES string of the molecule is CN(C)C(=O)C(=O)NC12CCC(F)(CC1)Cn1c2nc(C(=O)NCc2ccc(F)cc2)c(O)c1=O. The lowest BCUT2D eigenvalue weighted by Crippen LogP contribution is -2.54. The monoisotopic (exact) mass is 489 g/mol. The maximum atomic E-state index is 15.4. The van der Waals surface area contributed by atoms with Gasteiger partial charge in [0.05, 0.1) is 12.1 Å². The summed E-state index contributed by atoms with van der Waals surface area (Å²) >= 11 is 0. The van der Waals surface area contributed by atoms with Gasteiger partial charge in [-0.1, -0.05) is 12.1 Å². The van der Waals surface area contributed by atoms with Gasteiger partial charge in [-0.15, -0.1) is 0 Å². The Morgan fingerprint density at radius 3 is 2.37 bits per heavy atom. The molecule has 0 atom stereocenters. The van der Waals surface area contributed by atoms with Gasteiger partial charge in [-0.25, -0.2) is 13.8 Å². The van der Waals surface area contributed by atoms with Crippen molar-refractivity contribution in [2.75, 3.05) is 14.1 Å². The van der Waals surface area contributed by atoms with Gasteiger partial charge in [-0.2, -0.15) is 0 Å². The average molecular weight is 489 g/mol. The highest BCUT2D eigenvalue weighted by Gasteiger charge is 2.52. The Hall–Kier alpha value is -3.83. The molecule has 0 saturated heterocycles. The van der Waals surface area contributed by atoms with Crippen molar-refractivity contribution in [3.05, 3.63) is 57.5 Å². The van der Waals surface area contributed by atoms with E-state index in [0.29, 0.717) is 5.56 Å². The van der Waals surface area contributed by atoms with E-state index in [4.69, 9.17) is 0 Å². The number of likely N-dealkylation sites (N-methyl/N-ethyl adjacent to an activating group) is 1. The Labute approximate surface area is 199 Å². The predicted molar refractivity (Wildman–Crippen MR) is 119 cm³/mol. The molecule has 2 aromatic rings. The van der Waals surface area contributed by atoms with E-state index < -0.39 is 58.3 Å². The summed E-state index contributed by atoms with van der Waals surface area (Å²) in [5, 5.41) is 15.6. The summed E-state index contributed by atoms with van der Waals surface area (Å²) in [7, 11) is 2.80. The van der Waals surface area contributed by atoms with Crippen LogP contribution in [0.3, 0.4) is 0 Å². The molecule has 3 N–H and O–H groups in total. The summed E-state index contributed by atoms with van der Waals surface area (Å²) in [6, 6.07) is 5.36. The van der Waals surface area contributed by atoms with Crippen LogP contribution in [0, 0.1) is 5.82 Å². The Kier molecular flexibility index (Phi) is 6.07. The van der Waals surface area contributed by atoms with Crippen LogP contribution in [0.1, 0.15) is 47.6 Å². The summed E-state index contributed by atoms with van der Waals surface area (Å²) < 4.78 is 29.5. The van der Waals surface area contributed by atoms with E-state index in [2.05, 4.69) is 15.6 Å². The maximum absolute atomic E-state index is 15.4. The van der Waals surface area contributed by atoms with Crippen LogP contribution >= 0.6 is 0 Å². The maximum Gasteiger partial charge on any atom is 0.311 e. The first kappa shape index (κ1) is 24.3. The number of amides is 3. The highest BCUT2D eigenvalue weighted by Crippen LogP contribution is 2.46. The lowest BCUT2D eigenvalue weighted by molar-refractivity contribution is -0.145. The van der Waals surface area contributed by atoms with E-state index in [1.54, 1.807) is 0 Å². The third kappa shape index (κ3) is 4.47. The average Bonchev–Trinajstić information content (AvgIpc) is 3.02. The molecule has 12 heteroatoms. The number of nitrogens with one attached hydrogen (secondary N) is 2. The second-order valence-electron chi connectivity index (χ2n) is 9.22. The van der Waals surface area contributed by atoms with Gasteiger partial charge in [-0.3, -0.25) is 23.7 Å². The van der Waals surface area contributed by atoms with Crippen LogP contribution in [0.4, 0.5) is 8.78 Å². The third-order valence-electron chi connectivity index (χ3n) is 6.55. The van der Waals surface area contributed by atoms with E-state index in [0.717, 1.165) is 9.47 Å². The highest BCUT2D eigenvalue weighted by atomic mass is 19.1. The van der Waals surface area contributed by atoms with Crippen LogP contribution in [-0.2, 0) is 28.2 Å². The number of hydrogen-bond acceptors (Lipinski definition) is 6. The first-order valence-electron chi connectivity index (χ1n) is 11.0. The topological polar surface area (TPSA) is 134 Å². The molecule has 35 heavy (non-hydrogen) atoms. The number of carbonyl (C=O) groups is 3. The first-order chi connectivity index (χ1) is 16.4. The summed E-state index contributed by atoms with van der Waals surface area (Å²) in [5.74, 6) is -4.18. The van der Waals surface area contributed by atoms with Gasteiger partial charge < -0.3 is 20.6 Å². The zero-order valence-corrected chi connectivity index (χ0v) is 19.2. The molecule has 1 fully saturated rings. The molecule has 0 spiro atoms. The molecule has 3 heterocycles. The minimum Gasteiger partial charge on any atom is -0.501 e. The summed E-state index contributed by atoms with van der Waals surface area (Å²) in [4.78, 5) is 56.0. The minimum atomic E-state index is -1.77. The molecule has 2 aliphatic heterocycles. The lowest BCUT2D eigenvalue weighted by atomic mass is 9.76. The van der Waals surface area contributed by atoms with Crippen LogP contribution in [0.5, 0.6) is 5.75 Å². The molecule has 3 amide bonds. The molecule has 0 unspecified atom stereocenters. The number of aromatic hydroxyl groups is 1.